The van der Waals surface area contributed by atoms with Crippen molar-refractivity contribution in [2.75, 3.05) is 40.3 Å². The monoisotopic (exact) mass is 455 g/mol. The Morgan fingerprint density at radius 1 is 1.27 bits per heavy atom. The molecule has 33 heavy (non-hydrogen) atoms. The van der Waals surface area contributed by atoms with Crippen LogP contribution in [0.1, 0.15) is 25.7 Å². The normalized spacial score (nSPS) is 18.6. The number of methoxy groups -OCH3 is 1. The molecule has 1 saturated heterocycles. The number of allylic oxidation sites excluding steroid dienone is 1. The van der Waals surface area contributed by atoms with Crippen LogP contribution in [-0.4, -0.2) is 74.1 Å². The number of carbonyl (C=O) groups is 3. The molecule has 1 heterocycles. The number of rotatable bonds is 11. The molecule has 1 aliphatic carbocycles. The van der Waals surface area contributed by atoms with Crippen LogP contribution >= 0.6 is 0 Å². The van der Waals surface area contributed by atoms with Crippen molar-refractivity contribution in [1.82, 2.24) is 15.1 Å². The second-order valence-corrected chi connectivity index (χ2v) is 8.20. The minimum atomic E-state index is -0.836. The molecule has 178 valence electrons. The lowest BCUT2D eigenvalue weighted by molar-refractivity contribution is -0.143. The molecule has 8 heteroatoms. The van der Waals surface area contributed by atoms with Gasteiger partial charge in [0.05, 0.1) is 13.0 Å². The first kappa shape index (κ1) is 24.5. The Morgan fingerprint density at radius 2 is 2.06 bits per heavy atom. The quantitative estimate of drug-likeness (QED) is 0.406. The number of carbonyl (C=O) groups excluding carboxylic acids is 3. The summed E-state index contributed by atoms with van der Waals surface area (Å²) < 4.78 is 10.7. The molecule has 1 fully saturated rings. The molecule has 0 radical (unpaired) electrons. The molecule has 2 amide bonds. The topological polar surface area (TPSA) is 88.2 Å². The van der Waals surface area contributed by atoms with Crippen molar-refractivity contribution in [3.63, 3.8) is 0 Å². The fraction of sp³-hybridized carbons (Fsp3) is 0.480. The number of ether oxygens (including phenoxy) is 2. The maximum Gasteiger partial charge on any atom is 0.312 e. The zero-order valence-electron chi connectivity index (χ0n) is 19.4. The summed E-state index contributed by atoms with van der Waals surface area (Å²) in [7, 11) is 3.07. The van der Waals surface area contributed by atoms with Gasteiger partial charge in [0.15, 0.2) is 0 Å². The van der Waals surface area contributed by atoms with E-state index >= 15 is 0 Å². The smallest absolute Gasteiger partial charge is 0.312 e. The second kappa shape index (κ2) is 12.2. The molecule has 8 nitrogen and oxygen atoms in total. The first-order valence-corrected chi connectivity index (χ1v) is 11.4. The number of amides is 2. The molecule has 2 unspecified atom stereocenters. The molecule has 0 bridgehead atoms. The van der Waals surface area contributed by atoms with Crippen molar-refractivity contribution < 1.29 is 23.9 Å². The lowest BCUT2D eigenvalue weighted by Gasteiger charge is -2.29. The highest BCUT2D eigenvalue weighted by Gasteiger charge is 2.27. The fourth-order valence-corrected chi connectivity index (χ4v) is 4.02. The van der Waals surface area contributed by atoms with Gasteiger partial charge in [-0.25, -0.2) is 0 Å². The fourth-order valence-electron chi connectivity index (χ4n) is 4.02. The molecule has 2 atom stereocenters. The molecule has 1 N–H and O–H groups in total. The third kappa shape index (κ3) is 6.92. The van der Waals surface area contributed by atoms with Gasteiger partial charge in [0.1, 0.15) is 5.75 Å². The second-order valence-electron chi connectivity index (χ2n) is 8.20. The Balaban J connectivity index is 1.66. The number of benzene rings is 1. The molecule has 0 spiro atoms. The molecule has 1 aromatic rings. The van der Waals surface area contributed by atoms with Gasteiger partial charge in [-0.3, -0.25) is 19.7 Å². The molecule has 1 aliphatic heterocycles. The number of para-hydroxylation sites is 1. The zero-order chi connectivity index (χ0) is 23.6. The van der Waals surface area contributed by atoms with Crippen LogP contribution in [0, 0.1) is 5.92 Å². The third-order valence-electron chi connectivity index (χ3n) is 5.88. The molecule has 0 aromatic heterocycles. The van der Waals surface area contributed by atoms with Crippen LogP contribution in [0.2, 0.25) is 0 Å². The summed E-state index contributed by atoms with van der Waals surface area (Å²) in [6.45, 7) is 2.30. The van der Waals surface area contributed by atoms with E-state index in [2.05, 4.69) is 5.32 Å². The first-order chi connectivity index (χ1) is 16.0. The number of nitrogens with one attached hydrogen (secondary N) is 1. The van der Waals surface area contributed by atoms with Gasteiger partial charge in [0.25, 0.3) is 5.91 Å². The highest BCUT2D eigenvalue weighted by molar-refractivity contribution is 5.81. The van der Waals surface area contributed by atoms with E-state index in [-0.39, 0.29) is 23.7 Å². The highest BCUT2D eigenvalue weighted by Crippen LogP contribution is 2.20. The summed E-state index contributed by atoms with van der Waals surface area (Å²) in [5.41, 5.74) is 0.954. The van der Waals surface area contributed by atoms with Crippen LogP contribution < -0.4 is 10.1 Å². The Bertz CT molecular complexity index is 883. The van der Waals surface area contributed by atoms with Crippen LogP contribution in [0.3, 0.4) is 0 Å². The average molecular weight is 456 g/mol. The number of hydrogen-bond acceptors (Lipinski definition) is 6. The van der Waals surface area contributed by atoms with Gasteiger partial charge >= 0.3 is 5.97 Å². The van der Waals surface area contributed by atoms with Gasteiger partial charge < -0.3 is 19.3 Å². The van der Waals surface area contributed by atoms with Crippen molar-refractivity contribution in [2.45, 2.75) is 31.9 Å². The maximum atomic E-state index is 13.4. The lowest BCUT2D eigenvalue weighted by atomic mass is 9.96. The van der Waals surface area contributed by atoms with E-state index in [4.69, 9.17) is 9.47 Å². The van der Waals surface area contributed by atoms with Crippen LogP contribution in [0.5, 0.6) is 5.75 Å². The summed E-state index contributed by atoms with van der Waals surface area (Å²) in [6, 6.07) is 9.21. The van der Waals surface area contributed by atoms with Gasteiger partial charge in [-0.15, -0.1) is 0 Å². The van der Waals surface area contributed by atoms with Crippen LogP contribution in [0.25, 0.3) is 0 Å². The Hall–Kier alpha value is -3.13. The first-order valence-electron chi connectivity index (χ1n) is 11.4. The molecular weight excluding hydrogens is 422 g/mol. The van der Waals surface area contributed by atoms with Crippen LogP contribution in [-0.2, 0) is 19.1 Å². The van der Waals surface area contributed by atoms with Crippen LogP contribution in [0.4, 0.5) is 0 Å². The Labute approximate surface area is 195 Å². The van der Waals surface area contributed by atoms with E-state index in [1.54, 1.807) is 24.1 Å². The largest absolute Gasteiger partial charge is 0.469 e. The lowest BCUT2D eigenvalue weighted by Crippen LogP contribution is -2.49. The maximum absolute atomic E-state index is 13.4. The number of hydrogen-bond donors (Lipinski definition) is 1. The van der Waals surface area contributed by atoms with E-state index in [1.165, 1.54) is 7.11 Å². The number of likely N-dealkylation sites (N-methyl/N-ethyl adjacent to an activating group) is 1. The van der Waals surface area contributed by atoms with E-state index < -0.39 is 6.23 Å². The third-order valence-corrected chi connectivity index (χ3v) is 5.88. The number of nitrogens with zero attached hydrogens (tertiary/aromatic N) is 2. The van der Waals surface area contributed by atoms with Gasteiger partial charge in [-0.05, 0) is 44.0 Å². The standard InChI is InChI=1S/C25H33N3O5/c1-26-23(33-21-8-4-3-5-9-21)24(30)28(17-7-16-27-15-6-10-22(27)29)18-19-11-13-20(14-12-19)25(31)32-2/h3-5,8-9,11-13,20,23,26H,6-7,10,14-18H2,1-2H3. The molecular formula is C25H33N3O5. The van der Waals surface area contributed by atoms with Crippen molar-refractivity contribution >= 4 is 17.8 Å². The zero-order valence-corrected chi connectivity index (χ0v) is 19.4. The van der Waals surface area contributed by atoms with Gasteiger partial charge in [-0.2, -0.15) is 0 Å². The number of likely N-dealkylation sites (tertiary alicyclic amines) is 1. The molecule has 1 aromatic carbocycles. The summed E-state index contributed by atoms with van der Waals surface area (Å²) >= 11 is 0. The van der Waals surface area contributed by atoms with Crippen molar-refractivity contribution in [1.29, 1.82) is 0 Å². The van der Waals surface area contributed by atoms with E-state index in [0.29, 0.717) is 44.6 Å². The number of esters is 1. The summed E-state index contributed by atoms with van der Waals surface area (Å²) in [4.78, 5) is 40.7. The van der Waals surface area contributed by atoms with Crippen molar-refractivity contribution in [2.24, 2.45) is 5.92 Å². The van der Waals surface area contributed by atoms with Crippen LogP contribution in [0.15, 0.2) is 54.1 Å². The van der Waals surface area contributed by atoms with E-state index in [9.17, 15) is 14.4 Å². The summed E-state index contributed by atoms with van der Waals surface area (Å²) in [5.74, 6) is 0.0380. The predicted octanol–water partition coefficient (Wildman–Crippen LogP) is 2.13. The van der Waals surface area contributed by atoms with Gasteiger partial charge in [-0.1, -0.05) is 36.4 Å². The minimum absolute atomic E-state index is 0.181. The SMILES string of the molecule is CNC(Oc1ccccc1)C(=O)N(CCCN1CCCC1=O)CC1=CCC(C(=O)OC)C=C1. The molecule has 2 aliphatic rings. The predicted molar refractivity (Wildman–Crippen MR) is 124 cm³/mol. The summed E-state index contributed by atoms with van der Waals surface area (Å²) in [5, 5.41) is 2.96. The van der Waals surface area contributed by atoms with Gasteiger partial charge in [0, 0.05) is 32.6 Å². The Kier molecular flexibility index (Phi) is 9.06. The van der Waals surface area contributed by atoms with Gasteiger partial charge in [0.2, 0.25) is 12.1 Å². The molecule has 3 rings (SSSR count). The summed E-state index contributed by atoms with van der Waals surface area (Å²) in [6.07, 6.45) is 7.56. The van der Waals surface area contributed by atoms with Crippen molar-refractivity contribution in [3.8, 4) is 5.75 Å². The average Bonchev–Trinajstić information content (AvgIpc) is 3.26. The van der Waals surface area contributed by atoms with Crippen molar-refractivity contribution in [3.05, 3.63) is 54.1 Å². The molecule has 0 saturated carbocycles. The highest BCUT2D eigenvalue weighted by atomic mass is 16.5. The van der Waals surface area contributed by atoms with E-state index in [0.717, 1.165) is 18.5 Å². The van der Waals surface area contributed by atoms with E-state index in [1.807, 2.05) is 41.3 Å². The Morgan fingerprint density at radius 3 is 2.67 bits per heavy atom. The minimum Gasteiger partial charge on any atom is -0.469 e.